The summed E-state index contributed by atoms with van der Waals surface area (Å²) in [6, 6.07) is 4.64. The molecule has 1 aromatic carbocycles. The predicted octanol–water partition coefficient (Wildman–Crippen LogP) is 3.77. The molecule has 2 aliphatic carbocycles. The van der Waals surface area contributed by atoms with Crippen molar-refractivity contribution in [1.29, 1.82) is 0 Å². The maximum Gasteiger partial charge on any atom is 0.0815 e. The van der Waals surface area contributed by atoms with Crippen molar-refractivity contribution in [3.8, 4) is 0 Å². The van der Waals surface area contributed by atoms with Crippen molar-refractivity contribution < 1.29 is 0 Å². The van der Waals surface area contributed by atoms with Gasteiger partial charge in [0, 0.05) is 17.7 Å². The fraction of sp³-hybridized carbons (Fsp3) is 0.235. The molecule has 1 fully saturated rings. The number of allylic oxidation sites excluding steroid dienone is 4. The van der Waals surface area contributed by atoms with E-state index in [9.17, 15) is 0 Å². The summed E-state index contributed by atoms with van der Waals surface area (Å²) in [4.78, 5) is 4.51. The molecule has 0 amide bonds. The molecule has 2 bridgehead atoms. The van der Waals surface area contributed by atoms with Crippen LogP contribution < -0.4 is 5.32 Å². The zero-order chi connectivity index (χ0) is 13.2. The number of rotatable bonds is 0. The summed E-state index contributed by atoms with van der Waals surface area (Å²) in [6.07, 6.45) is 11.4. The van der Waals surface area contributed by atoms with Crippen molar-refractivity contribution in [3.63, 3.8) is 0 Å². The van der Waals surface area contributed by atoms with E-state index in [0.29, 0.717) is 0 Å². The molecule has 2 aromatic rings. The highest BCUT2D eigenvalue weighted by Gasteiger charge is 2.43. The number of nitrogens with zero attached hydrogens (tertiary/aromatic N) is 1. The highest BCUT2D eigenvalue weighted by atomic mass is 32.1. The SMILES string of the molecule is C1=CCC23CCNC(=Cc4cc5scnc5cc42)C3=C1. The third kappa shape index (κ3) is 1.21. The lowest BCUT2D eigenvalue weighted by molar-refractivity contribution is 0.419. The first-order chi connectivity index (χ1) is 9.87. The quantitative estimate of drug-likeness (QED) is 0.793. The molecule has 1 aliphatic heterocycles. The Labute approximate surface area is 121 Å². The second-order valence-electron chi connectivity index (χ2n) is 5.79. The van der Waals surface area contributed by atoms with Gasteiger partial charge < -0.3 is 5.32 Å². The van der Waals surface area contributed by atoms with E-state index in [1.54, 1.807) is 11.3 Å². The van der Waals surface area contributed by atoms with Crippen molar-refractivity contribution in [2.24, 2.45) is 0 Å². The lowest BCUT2D eigenvalue weighted by Gasteiger charge is -2.46. The van der Waals surface area contributed by atoms with E-state index in [0.717, 1.165) is 18.5 Å². The minimum atomic E-state index is 0.178. The Hall–Kier alpha value is -1.87. The zero-order valence-corrected chi connectivity index (χ0v) is 11.8. The molecule has 0 radical (unpaired) electrons. The average molecular weight is 278 g/mol. The molecule has 98 valence electrons. The van der Waals surface area contributed by atoms with Gasteiger partial charge in [-0.2, -0.15) is 0 Å². The van der Waals surface area contributed by atoms with Gasteiger partial charge >= 0.3 is 0 Å². The smallest absolute Gasteiger partial charge is 0.0815 e. The van der Waals surface area contributed by atoms with Gasteiger partial charge in [0.05, 0.1) is 15.7 Å². The van der Waals surface area contributed by atoms with Crippen molar-refractivity contribution in [1.82, 2.24) is 10.3 Å². The fourth-order valence-electron chi connectivity index (χ4n) is 3.92. The number of fused-ring (bicyclic) bond motifs is 2. The predicted molar refractivity (Wildman–Crippen MR) is 83.7 cm³/mol. The largest absolute Gasteiger partial charge is 0.385 e. The Morgan fingerprint density at radius 3 is 3.30 bits per heavy atom. The van der Waals surface area contributed by atoms with Gasteiger partial charge in [0.15, 0.2) is 0 Å². The summed E-state index contributed by atoms with van der Waals surface area (Å²) in [5.74, 6) is 0. The van der Waals surface area contributed by atoms with Crippen LogP contribution in [0.4, 0.5) is 0 Å². The molecule has 1 N–H and O–H groups in total. The summed E-state index contributed by atoms with van der Waals surface area (Å²) in [5, 5.41) is 3.57. The minimum Gasteiger partial charge on any atom is -0.385 e. The van der Waals surface area contributed by atoms with Crippen molar-refractivity contribution >= 4 is 27.6 Å². The molecule has 3 aliphatic rings. The number of piperidine rings is 1. The number of aromatic nitrogens is 1. The molecule has 20 heavy (non-hydrogen) atoms. The van der Waals surface area contributed by atoms with Gasteiger partial charge in [-0.1, -0.05) is 18.2 Å². The lowest BCUT2D eigenvalue weighted by Crippen LogP contribution is -2.43. The van der Waals surface area contributed by atoms with E-state index in [1.807, 2.05) is 5.51 Å². The number of hydrogen-bond donors (Lipinski definition) is 1. The molecule has 1 atom stereocenters. The van der Waals surface area contributed by atoms with Gasteiger partial charge in [-0.25, -0.2) is 4.98 Å². The van der Waals surface area contributed by atoms with Gasteiger partial charge in [0.2, 0.25) is 0 Å². The Balaban J connectivity index is 1.89. The summed E-state index contributed by atoms with van der Waals surface area (Å²) in [6.45, 7) is 1.06. The monoisotopic (exact) mass is 278 g/mol. The molecular formula is C17H14N2S. The first-order valence-electron chi connectivity index (χ1n) is 7.08. The van der Waals surface area contributed by atoms with Crippen LogP contribution in [0.3, 0.4) is 0 Å². The van der Waals surface area contributed by atoms with Crippen molar-refractivity contribution in [3.05, 3.63) is 58.3 Å². The van der Waals surface area contributed by atoms with E-state index in [2.05, 4.69) is 46.7 Å². The van der Waals surface area contributed by atoms with E-state index in [-0.39, 0.29) is 5.41 Å². The van der Waals surface area contributed by atoms with Gasteiger partial charge in [-0.05, 0) is 47.8 Å². The number of hydrogen-bond acceptors (Lipinski definition) is 3. The van der Waals surface area contributed by atoms with E-state index < -0.39 is 0 Å². The third-order valence-electron chi connectivity index (χ3n) is 4.86. The van der Waals surface area contributed by atoms with Gasteiger partial charge in [0.25, 0.3) is 0 Å². The Morgan fingerprint density at radius 1 is 1.30 bits per heavy atom. The standard InChI is InChI=1S/C17H14N2S/c1-2-4-17-5-6-18-14(12(17)3-1)7-11-8-16-15(9-13(11)17)19-10-20-16/h1-3,7-10,18H,4-6H2. The second-order valence-corrected chi connectivity index (χ2v) is 6.68. The molecule has 0 saturated carbocycles. The van der Waals surface area contributed by atoms with Crippen LogP contribution >= 0.6 is 11.3 Å². The topological polar surface area (TPSA) is 24.9 Å². The van der Waals surface area contributed by atoms with Crippen LogP contribution in [0.25, 0.3) is 16.3 Å². The van der Waals surface area contributed by atoms with Crippen molar-refractivity contribution in [2.45, 2.75) is 18.3 Å². The third-order valence-corrected chi connectivity index (χ3v) is 5.65. The van der Waals surface area contributed by atoms with Gasteiger partial charge in [-0.15, -0.1) is 11.3 Å². The normalized spacial score (nSPS) is 26.4. The molecule has 2 heterocycles. The Bertz CT molecular complexity index is 825. The molecule has 0 spiro atoms. The van der Waals surface area contributed by atoms with E-state index in [1.165, 1.54) is 33.5 Å². The van der Waals surface area contributed by atoms with Crippen LogP contribution in [0.5, 0.6) is 0 Å². The number of nitrogens with one attached hydrogen (secondary N) is 1. The summed E-state index contributed by atoms with van der Waals surface area (Å²) < 4.78 is 1.29. The highest BCUT2D eigenvalue weighted by Crippen LogP contribution is 2.51. The zero-order valence-electron chi connectivity index (χ0n) is 11.0. The first-order valence-corrected chi connectivity index (χ1v) is 7.96. The Morgan fingerprint density at radius 2 is 2.30 bits per heavy atom. The van der Waals surface area contributed by atoms with Crippen LogP contribution in [-0.2, 0) is 5.41 Å². The second kappa shape index (κ2) is 3.61. The molecular weight excluding hydrogens is 264 g/mol. The minimum absolute atomic E-state index is 0.178. The van der Waals surface area contributed by atoms with Crippen LogP contribution in [0.15, 0.2) is 47.1 Å². The molecule has 3 heteroatoms. The van der Waals surface area contributed by atoms with Crippen LogP contribution in [0.2, 0.25) is 0 Å². The molecule has 2 nitrogen and oxygen atoms in total. The molecule has 1 saturated heterocycles. The average Bonchev–Trinajstić information content (AvgIpc) is 2.93. The molecule has 1 aromatic heterocycles. The van der Waals surface area contributed by atoms with Crippen molar-refractivity contribution in [2.75, 3.05) is 6.54 Å². The number of thiazole rings is 1. The first kappa shape index (κ1) is 10.9. The van der Waals surface area contributed by atoms with E-state index >= 15 is 0 Å². The lowest BCUT2D eigenvalue weighted by atomic mass is 9.61. The summed E-state index contributed by atoms with van der Waals surface area (Å²) in [7, 11) is 0. The summed E-state index contributed by atoms with van der Waals surface area (Å²) in [5.41, 5.74) is 8.89. The van der Waals surface area contributed by atoms with Crippen LogP contribution in [0.1, 0.15) is 24.0 Å². The van der Waals surface area contributed by atoms with E-state index in [4.69, 9.17) is 0 Å². The Kier molecular flexibility index (Phi) is 1.96. The highest BCUT2D eigenvalue weighted by molar-refractivity contribution is 7.16. The summed E-state index contributed by atoms with van der Waals surface area (Å²) >= 11 is 1.73. The maximum atomic E-state index is 4.51. The maximum absolute atomic E-state index is 4.51. The van der Waals surface area contributed by atoms with Crippen LogP contribution in [0, 0.1) is 0 Å². The molecule has 1 unspecified atom stereocenters. The molecule has 5 rings (SSSR count). The van der Waals surface area contributed by atoms with Gasteiger partial charge in [0.1, 0.15) is 0 Å². The number of benzene rings is 1. The fourth-order valence-corrected chi connectivity index (χ4v) is 4.63. The van der Waals surface area contributed by atoms with Crippen LogP contribution in [-0.4, -0.2) is 11.5 Å². The van der Waals surface area contributed by atoms with Gasteiger partial charge in [-0.3, -0.25) is 0 Å².